The molecule has 1 saturated carbocycles. The molecular weight excluding hydrogens is 164 g/mol. The van der Waals surface area contributed by atoms with Crippen molar-refractivity contribution in [3.05, 3.63) is 23.5 Å². The second kappa shape index (κ2) is 3.06. The summed E-state index contributed by atoms with van der Waals surface area (Å²) in [5.41, 5.74) is 1.49. The van der Waals surface area contributed by atoms with E-state index in [-0.39, 0.29) is 0 Å². The molecule has 1 fully saturated rings. The summed E-state index contributed by atoms with van der Waals surface area (Å²) in [6.07, 6.45) is 5.80. The monoisotopic (exact) mass is 174 g/mol. The molecule has 1 aliphatic rings. The summed E-state index contributed by atoms with van der Waals surface area (Å²) >= 11 is 0. The number of ether oxygens (including phenoxy) is 1. The van der Waals surface area contributed by atoms with E-state index in [9.17, 15) is 0 Å². The van der Waals surface area contributed by atoms with Crippen LogP contribution in [0.5, 0.6) is 5.75 Å². The number of pyridine rings is 1. The number of hydrogen-bond donors (Lipinski definition) is 0. The van der Waals surface area contributed by atoms with Gasteiger partial charge in [-0.2, -0.15) is 5.26 Å². The largest absolute Gasteiger partial charge is 0.487 e. The predicted octanol–water partition coefficient (Wildman–Crippen LogP) is 1.80. The number of nitrogens with zero attached hydrogens (tertiary/aromatic N) is 2. The van der Waals surface area contributed by atoms with Crippen LogP contribution in [0.1, 0.15) is 24.0 Å². The van der Waals surface area contributed by atoms with Crippen LogP contribution in [-0.4, -0.2) is 11.1 Å². The van der Waals surface area contributed by atoms with Gasteiger partial charge in [0.2, 0.25) is 0 Å². The molecule has 0 N–H and O–H groups in total. The van der Waals surface area contributed by atoms with E-state index in [1.54, 1.807) is 12.4 Å². The quantitative estimate of drug-likeness (QED) is 0.686. The van der Waals surface area contributed by atoms with Crippen molar-refractivity contribution in [2.45, 2.75) is 25.9 Å². The van der Waals surface area contributed by atoms with Crippen molar-refractivity contribution in [3.63, 3.8) is 0 Å². The Kier molecular flexibility index (Phi) is 1.90. The normalized spacial score (nSPS) is 15.1. The third-order valence-corrected chi connectivity index (χ3v) is 2.03. The minimum atomic E-state index is 0.315. The summed E-state index contributed by atoms with van der Waals surface area (Å²) in [5.74, 6) is 0.630. The molecule has 0 bridgehead atoms. The molecule has 0 saturated heterocycles. The lowest BCUT2D eigenvalue weighted by Gasteiger charge is -2.06. The Morgan fingerprint density at radius 2 is 2.31 bits per heavy atom. The molecule has 0 amide bonds. The van der Waals surface area contributed by atoms with Gasteiger partial charge in [0, 0.05) is 6.20 Å². The Morgan fingerprint density at radius 1 is 1.54 bits per heavy atom. The molecule has 1 heterocycles. The van der Waals surface area contributed by atoms with E-state index >= 15 is 0 Å². The van der Waals surface area contributed by atoms with Crippen molar-refractivity contribution in [3.8, 4) is 11.8 Å². The maximum Gasteiger partial charge on any atom is 0.156 e. The molecule has 0 radical (unpaired) electrons. The van der Waals surface area contributed by atoms with Crippen molar-refractivity contribution in [2.75, 3.05) is 0 Å². The number of aromatic nitrogens is 1. The number of rotatable bonds is 2. The molecule has 0 aromatic carbocycles. The van der Waals surface area contributed by atoms with Gasteiger partial charge in [-0.3, -0.25) is 4.98 Å². The van der Waals surface area contributed by atoms with Crippen LogP contribution >= 0.6 is 0 Å². The smallest absolute Gasteiger partial charge is 0.156 e. The lowest BCUT2D eigenvalue weighted by atomic mass is 10.2. The van der Waals surface area contributed by atoms with Gasteiger partial charge in [0.05, 0.1) is 12.3 Å². The topological polar surface area (TPSA) is 45.9 Å². The molecule has 1 aromatic heterocycles. The first-order chi connectivity index (χ1) is 6.31. The van der Waals surface area contributed by atoms with Crippen molar-refractivity contribution in [2.24, 2.45) is 0 Å². The summed E-state index contributed by atoms with van der Waals surface area (Å²) in [4.78, 5) is 4.00. The van der Waals surface area contributed by atoms with E-state index in [0.717, 1.165) is 18.4 Å². The van der Waals surface area contributed by atoms with Crippen LogP contribution in [0.4, 0.5) is 0 Å². The lowest BCUT2D eigenvalue weighted by molar-refractivity contribution is 0.301. The van der Waals surface area contributed by atoms with Crippen LogP contribution < -0.4 is 4.74 Å². The molecule has 1 aliphatic carbocycles. The van der Waals surface area contributed by atoms with Crippen LogP contribution in [0.15, 0.2) is 12.4 Å². The standard InChI is InChI=1S/C10H10N2O/c1-7-5-12-6-10(9(7)4-11)13-8-2-3-8/h5-6,8H,2-3H2,1H3. The molecule has 66 valence electrons. The van der Waals surface area contributed by atoms with E-state index in [1.807, 2.05) is 6.92 Å². The molecular formula is C10H10N2O. The van der Waals surface area contributed by atoms with Crippen molar-refractivity contribution < 1.29 is 4.74 Å². The molecule has 0 aliphatic heterocycles. The molecule has 2 rings (SSSR count). The molecule has 0 unspecified atom stereocenters. The van der Waals surface area contributed by atoms with Crippen molar-refractivity contribution in [1.29, 1.82) is 5.26 Å². The zero-order valence-electron chi connectivity index (χ0n) is 7.45. The van der Waals surface area contributed by atoms with Crippen molar-refractivity contribution in [1.82, 2.24) is 4.98 Å². The number of hydrogen-bond acceptors (Lipinski definition) is 3. The lowest BCUT2D eigenvalue weighted by Crippen LogP contribution is -2.00. The summed E-state index contributed by atoms with van der Waals surface area (Å²) in [5, 5.41) is 8.87. The van der Waals surface area contributed by atoms with Gasteiger partial charge in [0.1, 0.15) is 11.6 Å². The third-order valence-electron chi connectivity index (χ3n) is 2.03. The first-order valence-electron chi connectivity index (χ1n) is 4.32. The van der Waals surface area contributed by atoms with E-state index < -0.39 is 0 Å². The Labute approximate surface area is 77.0 Å². The average molecular weight is 174 g/mol. The van der Waals surface area contributed by atoms with E-state index in [0.29, 0.717) is 17.4 Å². The SMILES string of the molecule is Cc1cncc(OC2CC2)c1C#N. The van der Waals surface area contributed by atoms with Crippen LogP contribution in [0.2, 0.25) is 0 Å². The maximum absolute atomic E-state index is 8.87. The number of nitriles is 1. The van der Waals surface area contributed by atoms with Gasteiger partial charge in [-0.1, -0.05) is 0 Å². The van der Waals surface area contributed by atoms with Gasteiger partial charge < -0.3 is 4.74 Å². The van der Waals surface area contributed by atoms with E-state index in [2.05, 4.69) is 11.1 Å². The maximum atomic E-state index is 8.87. The van der Waals surface area contributed by atoms with Gasteiger partial charge in [-0.15, -0.1) is 0 Å². The molecule has 3 heteroatoms. The highest BCUT2D eigenvalue weighted by molar-refractivity contribution is 5.46. The van der Waals surface area contributed by atoms with Gasteiger partial charge in [-0.25, -0.2) is 0 Å². The van der Waals surface area contributed by atoms with Crippen LogP contribution in [-0.2, 0) is 0 Å². The van der Waals surface area contributed by atoms with Gasteiger partial charge in [-0.05, 0) is 25.3 Å². The molecule has 0 atom stereocenters. The predicted molar refractivity (Wildman–Crippen MR) is 47.3 cm³/mol. The highest BCUT2D eigenvalue weighted by Crippen LogP contribution is 2.29. The van der Waals surface area contributed by atoms with Crippen LogP contribution in [0.3, 0.4) is 0 Å². The average Bonchev–Trinajstić information content (AvgIpc) is 2.89. The Bertz CT molecular complexity index is 364. The molecule has 1 aromatic rings. The fourth-order valence-electron chi connectivity index (χ4n) is 1.14. The first-order valence-corrected chi connectivity index (χ1v) is 4.32. The van der Waals surface area contributed by atoms with Gasteiger partial charge in [0.25, 0.3) is 0 Å². The van der Waals surface area contributed by atoms with Crippen LogP contribution in [0, 0.1) is 18.3 Å². The third kappa shape index (κ3) is 1.62. The number of aryl methyl sites for hydroxylation is 1. The highest BCUT2D eigenvalue weighted by Gasteiger charge is 2.24. The fraction of sp³-hybridized carbons (Fsp3) is 0.400. The first kappa shape index (κ1) is 8.06. The van der Waals surface area contributed by atoms with Crippen LogP contribution in [0.25, 0.3) is 0 Å². The molecule has 0 spiro atoms. The molecule has 13 heavy (non-hydrogen) atoms. The zero-order chi connectivity index (χ0) is 9.26. The van der Waals surface area contributed by atoms with Gasteiger partial charge >= 0.3 is 0 Å². The Hall–Kier alpha value is -1.56. The summed E-state index contributed by atoms with van der Waals surface area (Å²) in [6.45, 7) is 1.87. The summed E-state index contributed by atoms with van der Waals surface area (Å²) < 4.78 is 5.54. The second-order valence-corrected chi connectivity index (χ2v) is 3.26. The molecule has 3 nitrogen and oxygen atoms in total. The minimum Gasteiger partial charge on any atom is -0.487 e. The van der Waals surface area contributed by atoms with E-state index in [1.165, 1.54) is 0 Å². The summed E-state index contributed by atoms with van der Waals surface area (Å²) in [7, 11) is 0. The minimum absolute atomic E-state index is 0.315. The zero-order valence-corrected chi connectivity index (χ0v) is 7.45. The Morgan fingerprint density at radius 3 is 2.92 bits per heavy atom. The van der Waals surface area contributed by atoms with Crippen molar-refractivity contribution >= 4 is 0 Å². The Balaban J connectivity index is 2.32. The highest BCUT2D eigenvalue weighted by atomic mass is 16.5. The van der Waals surface area contributed by atoms with Gasteiger partial charge in [0.15, 0.2) is 5.75 Å². The second-order valence-electron chi connectivity index (χ2n) is 3.26. The van der Waals surface area contributed by atoms with E-state index in [4.69, 9.17) is 10.00 Å². The fourth-order valence-corrected chi connectivity index (χ4v) is 1.14. The summed E-state index contributed by atoms with van der Waals surface area (Å²) in [6, 6.07) is 2.13.